The van der Waals surface area contributed by atoms with Gasteiger partial charge in [-0.3, -0.25) is 4.79 Å². The minimum atomic E-state index is -1.98. The second-order valence-electron chi connectivity index (χ2n) is 26.7. The van der Waals surface area contributed by atoms with Crippen molar-refractivity contribution >= 4 is 5.91 Å². The Morgan fingerprint density at radius 2 is 0.734 bits per heavy atom. The molecule has 3 saturated heterocycles. The van der Waals surface area contributed by atoms with E-state index < -0.39 is 124 Å². The standard InChI is InChI=1S/C75H135NO18/c1-3-5-7-9-11-13-15-17-19-21-23-24-25-26-27-28-29-30-31-32-33-35-36-38-40-42-44-46-48-50-52-59(80)58(76-63(81)53-51-49-47-45-43-41-39-37-34-22-20-18-16-14-12-10-8-6-4-2)57-89-73-69(87)66(84)71(61(55-78)91-73)94-75-70(88)67(85)72(62(56-79)92-75)93-74-68(86)65(83)64(82)60(54-77)90-74/h6,8,12,14,18,20,34,37,41,43,58-62,64-75,77-80,82-88H,3-5,7,9-11,13,15-17,19,21-33,35-36,38-40,42,44-57H2,1-2H3,(H,76,81)/b8-6-,14-12-,20-18-,37-34-,43-41-. The van der Waals surface area contributed by atoms with Gasteiger partial charge < -0.3 is 89.9 Å². The van der Waals surface area contributed by atoms with Crippen LogP contribution < -0.4 is 5.32 Å². The fourth-order valence-electron chi connectivity index (χ4n) is 12.6. The summed E-state index contributed by atoms with van der Waals surface area (Å²) in [4.78, 5) is 13.4. The first-order valence-corrected chi connectivity index (χ1v) is 37.5. The number of ether oxygens (including phenoxy) is 6. The molecule has 0 spiro atoms. The van der Waals surface area contributed by atoms with E-state index in [0.29, 0.717) is 12.8 Å². The summed E-state index contributed by atoms with van der Waals surface area (Å²) < 4.78 is 34.4. The number of allylic oxidation sites excluding steroid dienone is 10. The average molecular weight is 1340 g/mol. The third-order valence-corrected chi connectivity index (χ3v) is 18.6. The number of aliphatic hydroxyl groups is 11. The zero-order valence-electron chi connectivity index (χ0n) is 58.2. The van der Waals surface area contributed by atoms with Crippen molar-refractivity contribution in [3.05, 3.63) is 60.8 Å². The summed E-state index contributed by atoms with van der Waals surface area (Å²) in [5.41, 5.74) is 0. The molecule has 12 N–H and O–H groups in total. The van der Waals surface area contributed by atoms with Crippen molar-refractivity contribution in [1.82, 2.24) is 5.32 Å². The van der Waals surface area contributed by atoms with Crippen LogP contribution in [0.3, 0.4) is 0 Å². The van der Waals surface area contributed by atoms with Crippen LogP contribution in [-0.2, 0) is 33.2 Å². The number of amides is 1. The van der Waals surface area contributed by atoms with E-state index in [2.05, 4.69) is 79.9 Å². The van der Waals surface area contributed by atoms with Gasteiger partial charge in [-0.2, -0.15) is 0 Å². The van der Waals surface area contributed by atoms with Gasteiger partial charge in [-0.05, 0) is 57.8 Å². The maximum Gasteiger partial charge on any atom is 0.220 e. The minimum Gasteiger partial charge on any atom is -0.394 e. The lowest BCUT2D eigenvalue weighted by Gasteiger charge is -2.48. The molecule has 0 radical (unpaired) electrons. The van der Waals surface area contributed by atoms with Crippen molar-refractivity contribution in [2.24, 2.45) is 0 Å². The first-order valence-electron chi connectivity index (χ1n) is 37.5. The van der Waals surface area contributed by atoms with E-state index in [0.717, 1.165) is 77.0 Å². The third kappa shape index (κ3) is 37.1. The van der Waals surface area contributed by atoms with Crippen molar-refractivity contribution in [2.75, 3.05) is 26.4 Å². The minimum absolute atomic E-state index is 0.225. The lowest BCUT2D eigenvalue weighted by Crippen LogP contribution is -2.66. The van der Waals surface area contributed by atoms with E-state index in [-0.39, 0.29) is 18.9 Å². The first kappa shape index (κ1) is 85.7. The zero-order chi connectivity index (χ0) is 68.2. The van der Waals surface area contributed by atoms with Crippen LogP contribution in [0.1, 0.15) is 277 Å². The van der Waals surface area contributed by atoms with E-state index in [1.807, 2.05) is 0 Å². The molecule has 3 aliphatic rings. The molecule has 0 aromatic rings. The van der Waals surface area contributed by atoms with Gasteiger partial charge in [0.15, 0.2) is 18.9 Å². The highest BCUT2D eigenvalue weighted by Gasteiger charge is 2.53. The third-order valence-electron chi connectivity index (χ3n) is 18.6. The van der Waals surface area contributed by atoms with Gasteiger partial charge >= 0.3 is 0 Å². The fourth-order valence-corrected chi connectivity index (χ4v) is 12.6. The number of carbonyl (C=O) groups excluding carboxylic acids is 1. The molecule has 0 aromatic heterocycles. The fraction of sp³-hybridized carbons (Fsp3) is 0.853. The molecular weight excluding hydrogens is 1200 g/mol. The molecule has 17 atom stereocenters. The smallest absolute Gasteiger partial charge is 0.220 e. The summed E-state index contributed by atoms with van der Waals surface area (Å²) in [6.07, 6.45) is 43.1. The summed E-state index contributed by atoms with van der Waals surface area (Å²) in [6, 6.07) is -0.909. The molecule has 548 valence electrons. The summed E-state index contributed by atoms with van der Waals surface area (Å²) in [5, 5.41) is 121. The predicted octanol–water partition coefficient (Wildman–Crippen LogP) is 11.1. The molecule has 19 heteroatoms. The van der Waals surface area contributed by atoms with Gasteiger partial charge in [0.25, 0.3) is 0 Å². The molecule has 17 unspecified atom stereocenters. The van der Waals surface area contributed by atoms with Crippen LogP contribution in [0.25, 0.3) is 0 Å². The number of hydrogen-bond donors (Lipinski definition) is 12. The van der Waals surface area contributed by atoms with Crippen LogP contribution >= 0.6 is 0 Å². The van der Waals surface area contributed by atoms with E-state index in [9.17, 15) is 61.0 Å². The highest BCUT2D eigenvalue weighted by Crippen LogP contribution is 2.33. The van der Waals surface area contributed by atoms with E-state index in [1.165, 1.54) is 167 Å². The Hall–Kier alpha value is -2.51. The van der Waals surface area contributed by atoms with Crippen molar-refractivity contribution in [1.29, 1.82) is 0 Å². The second-order valence-corrected chi connectivity index (χ2v) is 26.7. The Bertz CT molecular complexity index is 1940. The molecule has 19 nitrogen and oxygen atoms in total. The number of nitrogens with one attached hydrogen (secondary N) is 1. The topological polar surface area (TPSA) is 307 Å². The molecular formula is C75H135NO18. The Labute approximate surface area is 566 Å². The molecule has 0 aromatic carbocycles. The Kier molecular flexibility index (Phi) is 51.3. The Balaban J connectivity index is 1.39. The van der Waals surface area contributed by atoms with Crippen molar-refractivity contribution in [3.63, 3.8) is 0 Å². The van der Waals surface area contributed by atoms with Gasteiger partial charge in [-0.1, -0.05) is 274 Å². The quantitative estimate of drug-likeness (QED) is 0.0199. The molecule has 3 heterocycles. The molecule has 1 amide bonds. The SMILES string of the molecule is CC/C=C\C/C=C\C/C=C\C/C=C\C/C=C\CCCCCC(=O)NC(COC1OC(CO)C(OC2OC(CO)C(OC3OC(CO)C(O)C(O)C3O)C(O)C2O)C(O)C1O)C(O)CCCCCCCCCCCCCCCCCCCCCCCCCCCCCCCC. The van der Waals surface area contributed by atoms with Gasteiger partial charge in [0.05, 0.1) is 38.6 Å². The van der Waals surface area contributed by atoms with Crippen molar-refractivity contribution in [3.8, 4) is 0 Å². The van der Waals surface area contributed by atoms with E-state index in [4.69, 9.17) is 28.4 Å². The van der Waals surface area contributed by atoms with Gasteiger partial charge in [0, 0.05) is 6.42 Å². The van der Waals surface area contributed by atoms with Gasteiger partial charge in [-0.25, -0.2) is 0 Å². The molecule has 0 bridgehead atoms. The van der Waals surface area contributed by atoms with Gasteiger partial charge in [0.2, 0.25) is 5.91 Å². The van der Waals surface area contributed by atoms with Crippen LogP contribution in [-0.4, -0.2) is 193 Å². The first-order chi connectivity index (χ1) is 45.8. The maximum absolute atomic E-state index is 13.4. The molecule has 3 aliphatic heterocycles. The normalized spacial score (nSPS) is 27.7. The van der Waals surface area contributed by atoms with Crippen LogP contribution in [0.5, 0.6) is 0 Å². The molecule has 3 fully saturated rings. The average Bonchev–Trinajstić information content (AvgIpc) is 0.787. The molecule has 0 aliphatic carbocycles. The van der Waals surface area contributed by atoms with Gasteiger partial charge in [-0.15, -0.1) is 0 Å². The summed E-state index contributed by atoms with van der Waals surface area (Å²) in [6.45, 7) is 1.68. The number of carbonyl (C=O) groups is 1. The summed E-state index contributed by atoms with van der Waals surface area (Å²) in [7, 11) is 0. The highest BCUT2D eigenvalue weighted by atomic mass is 16.8. The Morgan fingerprint density at radius 3 is 1.14 bits per heavy atom. The van der Waals surface area contributed by atoms with E-state index in [1.54, 1.807) is 0 Å². The van der Waals surface area contributed by atoms with Crippen LogP contribution in [0.2, 0.25) is 0 Å². The molecule has 94 heavy (non-hydrogen) atoms. The van der Waals surface area contributed by atoms with Crippen LogP contribution in [0, 0.1) is 0 Å². The molecule has 0 saturated carbocycles. The van der Waals surface area contributed by atoms with E-state index >= 15 is 0 Å². The molecule has 3 rings (SSSR count). The highest BCUT2D eigenvalue weighted by molar-refractivity contribution is 5.76. The van der Waals surface area contributed by atoms with Crippen LogP contribution in [0.15, 0.2) is 60.8 Å². The Morgan fingerprint density at radius 1 is 0.394 bits per heavy atom. The van der Waals surface area contributed by atoms with Crippen LogP contribution in [0.4, 0.5) is 0 Å². The lowest BCUT2D eigenvalue weighted by atomic mass is 9.96. The summed E-state index contributed by atoms with van der Waals surface area (Å²) >= 11 is 0. The van der Waals surface area contributed by atoms with Crippen molar-refractivity contribution < 1.29 is 89.4 Å². The second kappa shape index (κ2) is 56.3. The predicted molar refractivity (Wildman–Crippen MR) is 369 cm³/mol. The number of unbranched alkanes of at least 4 members (excludes halogenated alkanes) is 32. The largest absolute Gasteiger partial charge is 0.394 e. The number of hydrogen-bond acceptors (Lipinski definition) is 18. The number of aliphatic hydroxyl groups excluding tert-OH is 11. The monoisotopic (exact) mass is 1340 g/mol. The zero-order valence-corrected chi connectivity index (χ0v) is 58.2. The maximum atomic E-state index is 13.4. The lowest BCUT2D eigenvalue weighted by molar-refractivity contribution is -0.379. The number of rotatable bonds is 58. The van der Waals surface area contributed by atoms with Gasteiger partial charge in [0.1, 0.15) is 73.2 Å². The summed E-state index contributed by atoms with van der Waals surface area (Å²) in [5.74, 6) is -0.273. The van der Waals surface area contributed by atoms with Crippen molar-refractivity contribution in [2.45, 2.75) is 381 Å².